The Morgan fingerprint density at radius 1 is 0.933 bits per heavy atom. The maximum atomic E-state index is 11.8. The molecule has 1 unspecified atom stereocenters. The van der Waals surface area contributed by atoms with Crippen molar-refractivity contribution in [2.24, 2.45) is 0 Å². The number of carbonyl (C=O) groups is 1. The second kappa shape index (κ2) is 8.11. The molecule has 1 aliphatic heterocycles. The van der Waals surface area contributed by atoms with Crippen LogP contribution in [0.4, 0.5) is 0 Å². The van der Waals surface area contributed by atoms with E-state index < -0.39 is 0 Å². The molecule has 4 rings (SSSR count). The van der Waals surface area contributed by atoms with Crippen molar-refractivity contribution < 1.29 is 23.7 Å². The van der Waals surface area contributed by atoms with Crippen molar-refractivity contribution in [2.75, 3.05) is 14.2 Å². The summed E-state index contributed by atoms with van der Waals surface area (Å²) >= 11 is 0. The molecule has 0 saturated heterocycles. The van der Waals surface area contributed by atoms with Gasteiger partial charge in [0.15, 0.2) is 17.3 Å². The van der Waals surface area contributed by atoms with Crippen LogP contribution in [-0.2, 0) is 6.61 Å². The topological polar surface area (TPSA) is 54.0 Å². The van der Waals surface area contributed by atoms with Gasteiger partial charge in [0.1, 0.15) is 24.2 Å². The van der Waals surface area contributed by atoms with Gasteiger partial charge in [0.2, 0.25) is 0 Å². The van der Waals surface area contributed by atoms with Crippen molar-refractivity contribution in [3.05, 3.63) is 71.3 Å². The molecular weight excluding hydrogens is 380 g/mol. The summed E-state index contributed by atoms with van der Waals surface area (Å²) in [4.78, 5) is 11.8. The molecule has 1 aliphatic rings. The van der Waals surface area contributed by atoms with Gasteiger partial charge in [0, 0.05) is 28.3 Å². The van der Waals surface area contributed by atoms with E-state index in [2.05, 4.69) is 0 Å². The molecule has 30 heavy (non-hydrogen) atoms. The Labute approximate surface area is 176 Å². The van der Waals surface area contributed by atoms with Gasteiger partial charge in [0.25, 0.3) is 0 Å². The van der Waals surface area contributed by atoms with E-state index in [9.17, 15) is 4.79 Å². The molecule has 1 heterocycles. The van der Waals surface area contributed by atoms with Crippen LogP contribution in [0.1, 0.15) is 41.4 Å². The van der Waals surface area contributed by atoms with Crippen molar-refractivity contribution in [3.63, 3.8) is 0 Å². The Morgan fingerprint density at radius 3 is 2.43 bits per heavy atom. The highest BCUT2D eigenvalue weighted by atomic mass is 16.5. The number of benzene rings is 3. The average molecular weight is 404 g/mol. The minimum absolute atomic E-state index is 0.0356. The van der Waals surface area contributed by atoms with Gasteiger partial charge in [-0.05, 0) is 37.6 Å². The number of hydrogen-bond donors (Lipinski definition) is 0. The zero-order chi connectivity index (χ0) is 21.3. The summed E-state index contributed by atoms with van der Waals surface area (Å²) in [6, 6.07) is 17.2. The lowest BCUT2D eigenvalue weighted by Crippen LogP contribution is -2.12. The first-order chi connectivity index (χ1) is 14.5. The van der Waals surface area contributed by atoms with E-state index in [0.29, 0.717) is 23.7 Å². The molecule has 3 aromatic rings. The molecule has 0 spiro atoms. The molecule has 0 N–H and O–H groups in total. The lowest BCUT2D eigenvalue weighted by molar-refractivity contribution is 0.101. The number of Topliss-reactive ketones (excluding diaryl/α,β-unsaturated/α-hetero) is 1. The van der Waals surface area contributed by atoms with Crippen molar-refractivity contribution in [1.29, 1.82) is 0 Å². The second-order valence-electron chi connectivity index (χ2n) is 7.22. The van der Waals surface area contributed by atoms with Crippen LogP contribution in [0.25, 0.3) is 11.1 Å². The molecule has 0 bridgehead atoms. The zero-order valence-electron chi connectivity index (χ0n) is 17.5. The van der Waals surface area contributed by atoms with Crippen LogP contribution in [0.5, 0.6) is 23.0 Å². The third kappa shape index (κ3) is 3.59. The molecular formula is C25H24O5. The number of ether oxygens (including phenoxy) is 4. The Bertz CT molecular complexity index is 1100. The van der Waals surface area contributed by atoms with Gasteiger partial charge in [-0.15, -0.1) is 0 Å². The van der Waals surface area contributed by atoms with Gasteiger partial charge in [0.05, 0.1) is 14.2 Å². The molecule has 1 atom stereocenters. The van der Waals surface area contributed by atoms with Gasteiger partial charge >= 0.3 is 0 Å². The largest absolute Gasteiger partial charge is 0.496 e. The zero-order valence-corrected chi connectivity index (χ0v) is 17.5. The number of fused-ring (bicyclic) bond motifs is 3. The highest BCUT2D eigenvalue weighted by molar-refractivity contribution is 5.95. The minimum Gasteiger partial charge on any atom is -0.496 e. The molecule has 0 radical (unpaired) electrons. The third-order valence-corrected chi connectivity index (χ3v) is 5.33. The summed E-state index contributed by atoms with van der Waals surface area (Å²) in [5.41, 5.74) is 4.55. The first-order valence-electron chi connectivity index (χ1n) is 9.80. The number of para-hydroxylation sites is 1. The van der Waals surface area contributed by atoms with E-state index in [1.54, 1.807) is 21.1 Å². The van der Waals surface area contributed by atoms with Crippen molar-refractivity contribution >= 4 is 5.78 Å². The van der Waals surface area contributed by atoms with E-state index >= 15 is 0 Å². The number of carbonyl (C=O) groups excluding carboxylic acids is 1. The quantitative estimate of drug-likeness (QED) is 0.500. The van der Waals surface area contributed by atoms with Gasteiger partial charge in [-0.25, -0.2) is 0 Å². The first-order valence-corrected chi connectivity index (χ1v) is 9.80. The van der Waals surface area contributed by atoms with E-state index in [1.165, 1.54) is 0 Å². The van der Waals surface area contributed by atoms with E-state index in [1.807, 2.05) is 61.5 Å². The summed E-state index contributed by atoms with van der Waals surface area (Å²) in [7, 11) is 3.26. The summed E-state index contributed by atoms with van der Waals surface area (Å²) in [5, 5.41) is 0. The van der Waals surface area contributed by atoms with Crippen molar-refractivity contribution in [2.45, 2.75) is 26.6 Å². The molecule has 0 aromatic heterocycles. The van der Waals surface area contributed by atoms with Gasteiger partial charge in [-0.2, -0.15) is 0 Å². The molecule has 0 fully saturated rings. The lowest BCUT2D eigenvalue weighted by atomic mass is 9.91. The molecule has 0 saturated carbocycles. The predicted octanol–water partition coefficient (Wildman–Crippen LogP) is 5.61. The maximum Gasteiger partial charge on any atom is 0.165 e. The van der Waals surface area contributed by atoms with Crippen LogP contribution >= 0.6 is 0 Å². The number of rotatable bonds is 6. The van der Waals surface area contributed by atoms with Crippen molar-refractivity contribution in [1.82, 2.24) is 0 Å². The highest BCUT2D eigenvalue weighted by Crippen LogP contribution is 2.47. The smallest absolute Gasteiger partial charge is 0.165 e. The number of methoxy groups -OCH3 is 2. The molecule has 5 nitrogen and oxygen atoms in total. The Balaban J connectivity index is 1.70. The van der Waals surface area contributed by atoms with Crippen LogP contribution in [0.15, 0.2) is 54.6 Å². The summed E-state index contributed by atoms with van der Waals surface area (Å²) in [5.74, 6) is 2.74. The third-order valence-electron chi connectivity index (χ3n) is 5.33. The number of ketones is 1. The standard InChI is InChI=1S/C25H24O5/c1-15(26)17-9-10-19-20(11-17)16(2)30-23-13-25(24(28-4)12-21(19)23)29-14-18-7-5-6-8-22(18)27-3/h5-13,16H,14H2,1-4H3. The van der Waals surface area contributed by atoms with E-state index in [0.717, 1.165) is 33.8 Å². The predicted molar refractivity (Wildman–Crippen MR) is 115 cm³/mol. The summed E-state index contributed by atoms with van der Waals surface area (Å²) in [6.45, 7) is 3.89. The maximum absolute atomic E-state index is 11.8. The highest BCUT2D eigenvalue weighted by Gasteiger charge is 2.26. The van der Waals surface area contributed by atoms with Gasteiger partial charge in [-0.1, -0.05) is 30.3 Å². The van der Waals surface area contributed by atoms with Gasteiger partial charge < -0.3 is 18.9 Å². The monoisotopic (exact) mass is 404 g/mol. The fourth-order valence-corrected chi connectivity index (χ4v) is 3.72. The van der Waals surface area contributed by atoms with Crippen LogP contribution < -0.4 is 18.9 Å². The molecule has 154 valence electrons. The fraction of sp³-hybridized carbons (Fsp3) is 0.240. The second-order valence-corrected chi connectivity index (χ2v) is 7.22. The SMILES string of the molecule is COc1ccccc1COc1cc2c(cc1OC)-c1ccc(C(C)=O)cc1C(C)O2. The Hall–Kier alpha value is -3.47. The van der Waals surface area contributed by atoms with E-state index in [-0.39, 0.29) is 11.9 Å². The van der Waals surface area contributed by atoms with Gasteiger partial charge in [-0.3, -0.25) is 4.79 Å². The number of hydrogen-bond acceptors (Lipinski definition) is 5. The van der Waals surface area contributed by atoms with Crippen LogP contribution in [-0.4, -0.2) is 20.0 Å². The lowest BCUT2D eigenvalue weighted by Gasteiger charge is -2.28. The van der Waals surface area contributed by atoms with E-state index in [4.69, 9.17) is 18.9 Å². The fourth-order valence-electron chi connectivity index (χ4n) is 3.72. The molecule has 5 heteroatoms. The minimum atomic E-state index is -0.178. The summed E-state index contributed by atoms with van der Waals surface area (Å²) in [6.07, 6.45) is -0.178. The average Bonchev–Trinajstić information content (AvgIpc) is 2.77. The Morgan fingerprint density at radius 2 is 1.70 bits per heavy atom. The molecule has 0 amide bonds. The van der Waals surface area contributed by atoms with Crippen molar-refractivity contribution in [3.8, 4) is 34.1 Å². The first kappa shape index (κ1) is 19.8. The summed E-state index contributed by atoms with van der Waals surface area (Å²) < 4.78 is 23.2. The molecule has 3 aromatic carbocycles. The molecule has 0 aliphatic carbocycles. The van der Waals surface area contributed by atoms with Crippen LogP contribution in [0.2, 0.25) is 0 Å². The van der Waals surface area contributed by atoms with Crippen LogP contribution in [0.3, 0.4) is 0 Å². The van der Waals surface area contributed by atoms with Crippen LogP contribution in [0, 0.1) is 0 Å². The Kier molecular flexibility index (Phi) is 5.36. The normalized spacial score (nSPS) is 14.2.